The second-order valence-corrected chi connectivity index (χ2v) is 8.02. The standard InChI is InChI=1S/C22H14Cl2N4O2/c23-14-7-5-13(6-8-14)22(9-10-22)19-15(11-25)20-26-12-18(21(29)28(20)27-19)30-17-4-2-1-3-16(17)24/h1-8,12,26H,9-10H2. The number of nitriles is 1. The molecule has 1 saturated carbocycles. The number of ether oxygens (including phenoxy) is 1. The van der Waals surface area contributed by atoms with E-state index in [4.69, 9.17) is 27.9 Å². The summed E-state index contributed by atoms with van der Waals surface area (Å²) in [6.07, 6.45) is 3.10. The molecule has 30 heavy (non-hydrogen) atoms. The van der Waals surface area contributed by atoms with Crippen LogP contribution in [0.1, 0.15) is 29.7 Å². The maximum Gasteiger partial charge on any atom is 0.317 e. The van der Waals surface area contributed by atoms with Gasteiger partial charge in [-0.05, 0) is 42.7 Å². The van der Waals surface area contributed by atoms with Gasteiger partial charge in [-0.25, -0.2) is 0 Å². The van der Waals surface area contributed by atoms with E-state index in [1.165, 1.54) is 10.7 Å². The van der Waals surface area contributed by atoms with E-state index < -0.39 is 11.0 Å². The number of halogens is 2. The molecule has 0 saturated heterocycles. The summed E-state index contributed by atoms with van der Waals surface area (Å²) in [6.45, 7) is 0. The molecular formula is C22H14Cl2N4O2. The van der Waals surface area contributed by atoms with Crippen molar-refractivity contribution in [2.45, 2.75) is 18.3 Å². The van der Waals surface area contributed by atoms with Crippen LogP contribution < -0.4 is 10.3 Å². The van der Waals surface area contributed by atoms with Gasteiger partial charge in [0.05, 0.1) is 16.9 Å². The molecular weight excluding hydrogens is 423 g/mol. The highest BCUT2D eigenvalue weighted by Crippen LogP contribution is 2.54. The predicted molar refractivity (Wildman–Crippen MR) is 114 cm³/mol. The number of aromatic amines is 1. The number of aromatic nitrogens is 3. The van der Waals surface area contributed by atoms with Gasteiger partial charge in [-0.2, -0.15) is 14.9 Å². The number of fused-ring (bicyclic) bond motifs is 1. The van der Waals surface area contributed by atoms with E-state index in [0.29, 0.717) is 32.7 Å². The summed E-state index contributed by atoms with van der Waals surface area (Å²) in [5.41, 5.74) is 1.42. The molecule has 0 aliphatic heterocycles. The Bertz CT molecular complexity index is 1380. The van der Waals surface area contributed by atoms with E-state index in [1.54, 1.807) is 24.3 Å². The summed E-state index contributed by atoms with van der Waals surface area (Å²) in [4.78, 5) is 16.0. The van der Waals surface area contributed by atoms with Crippen LogP contribution in [0.25, 0.3) is 5.65 Å². The Morgan fingerprint density at radius 1 is 1.10 bits per heavy atom. The lowest BCUT2D eigenvalue weighted by atomic mass is 9.90. The molecule has 4 aromatic rings. The Balaban J connectivity index is 1.64. The van der Waals surface area contributed by atoms with E-state index in [-0.39, 0.29) is 5.75 Å². The number of para-hydroxylation sites is 1. The SMILES string of the molecule is N#Cc1c(C2(c3ccc(Cl)cc3)CC2)nn2c(=O)c(Oc3ccccc3Cl)c[nH]c12. The summed E-state index contributed by atoms with van der Waals surface area (Å²) in [7, 11) is 0. The second kappa shape index (κ2) is 6.91. The predicted octanol–water partition coefficient (Wildman–Crippen LogP) is 5.07. The number of benzene rings is 2. The van der Waals surface area contributed by atoms with Crippen molar-refractivity contribution in [3.63, 3.8) is 0 Å². The number of hydrogen-bond donors (Lipinski definition) is 1. The first kappa shape index (κ1) is 18.7. The molecule has 0 radical (unpaired) electrons. The van der Waals surface area contributed by atoms with Crippen molar-refractivity contribution in [2.75, 3.05) is 0 Å². The fourth-order valence-electron chi connectivity index (χ4n) is 3.71. The van der Waals surface area contributed by atoms with E-state index in [2.05, 4.69) is 16.2 Å². The molecule has 0 amide bonds. The highest BCUT2D eigenvalue weighted by atomic mass is 35.5. The van der Waals surface area contributed by atoms with Crippen LogP contribution in [0.15, 0.2) is 59.5 Å². The van der Waals surface area contributed by atoms with Gasteiger partial charge in [0, 0.05) is 10.4 Å². The van der Waals surface area contributed by atoms with Crippen LogP contribution in [0.4, 0.5) is 0 Å². The molecule has 0 atom stereocenters. The van der Waals surface area contributed by atoms with Gasteiger partial charge < -0.3 is 9.72 Å². The van der Waals surface area contributed by atoms with Gasteiger partial charge in [0.25, 0.3) is 0 Å². The molecule has 1 N–H and O–H groups in total. The third-order valence-electron chi connectivity index (χ3n) is 5.40. The minimum absolute atomic E-state index is 0.0329. The molecule has 2 aromatic heterocycles. The zero-order valence-electron chi connectivity index (χ0n) is 15.5. The van der Waals surface area contributed by atoms with Crippen molar-refractivity contribution in [3.05, 3.63) is 91.9 Å². The van der Waals surface area contributed by atoms with Crippen molar-refractivity contribution < 1.29 is 4.74 Å². The molecule has 1 fully saturated rings. The van der Waals surface area contributed by atoms with Crippen LogP contribution in [-0.4, -0.2) is 14.6 Å². The topological polar surface area (TPSA) is 83.2 Å². The highest BCUT2D eigenvalue weighted by molar-refractivity contribution is 6.32. The van der Waals surface area contributed by atoms with Gasteiger partial charge in [0.15, 0.2) is 5.65 Å². The Kier molecular flexibility index (Phi) is 4.31. The first-order valence-corrected chi connectivity index (χ1v) is 10.0. The smallest absolute Gasteiger partial charge is 0.317 e. The van der Waals surface area contributed by atoms with Gasteiger partial charge in [0.2, 0.25) is 5.75 Å². The van der Waals surface area contributed by atoms with Gasteiger partial charge >= 0.3 is 5.56 Å². The second-order valence-electron chi connectivity index (χ2n) is 7.18. The fourth-order valence-corrected chi connectivity index (χ4v) is 4.01. The van der Waals surface area contributed by atoms with Crippen LogP contribution in [0, 0.1) is 11.3 Å². The Morgan fingerprint density at radius 2 is 1.83 bits per heavy atom. The van der Waals surface area contributed by atoms with Gasteiger partial charge in [-0.15, -0.1) is 0 Å². The highest BCUT2D eigenvalue weighted by Gasteiger charge is 2.50. The molecule has 2 heterocycles. The minimum Gasteiger partial charge on any atom is -0.448 e. The summed E-state index contributed by atoms with van der Waals surface area (Å²) in [5, 5.41) is 15.4. The van der Waals surface area contributed by atoms with Gasteiger partial charge in [-0.1, -0.05) is 47.5 Å². The number of hydrogen-bond acceptors (Lipinski definition) is 4. The van der Waals surface area contributed by atoms with Crippen LogP contribution in [0.5, 0.6) is 11.5 Å². The van der Waals surface area contributed by atoms with E-state index in [9.17, 15) is 10.1 Å². The molecule has 0 spiro atoms. The quantitative estimate of drug-likeness (QED) is 0.483. The van der Waals surface area contributed by atoms with E-state index in [0.717, 1.165) is 18.4 Å². The first-order valence-electron chi connectivity index (χ1n) is 9.27. The van der Waals surface area contributed by atoms with E-state index >= 15 is 0 Å². The Hall–Kier alpha value is -3.27. The first-order chi connectivity index (χ1) is 14.5. The van der Waals surface area contributed by atoms with Gasteiger partial charge in [-0.3, -0.25) is 4.79 Å². The fraction of sp³-hybridized carbons (Fsp3) is 0.136. The number of rotatable bonds is 4. The summed E-state index contributed by atoms with van der Waals surface area (Å²) in [5.74, 6) is 0.391. The lowest BCUT2D eigenvalue weighted by molar-refractivity contribution is 0.469. The molecule has 5 rings (SSSR count). The third kappa shape index (κ3) is 2.86. The third-order valence-corrected chi connectivity index (χ3v) is 5.96. The lowest BCUT2D eigenvalue weighted by Gasteiger charge is -2.13. The molecule has 148 valence electrons. The molecule has 1 aliphatic rings. The maximum atomic E-state index is 13.0. The number of nitrogens with zero attached hydrogens (tertiary/aromatic N) is 3. The lowest BCUT2D eigenvalue weighted by Crippen LogP contribution is -2.17. The van der Waals surface area contributed by atoms with Crippen molar-refractivity contribution >= 4 is 28.8 Å². The maximum absolute atomic E-state index is 13.0. The van der Waals surface area contributed by atoms with Gasteiger partial charge in [0.1, 0.15) is 17.4 Å². The van der Waals surface area contributed by atoms with Crippen molar-refractivity contribution in [3.8, 4) is 17.6 Å². The van der Waals surface area contributed by atoms with Crippen LogP contribution in [0.3, 0.4) is 0 Å². The molecule has 0 unspecified atom stereocenters. The van der Waals surface area contributed by atoms with E-state index in [1.807, 2.05) is 24.3 Å². The summed E-state index contributed by atoms with van der Waals surface area (Å²) in [6, 6.07) is 16.6. The summed E-state index contributed by atoms with van der Waals surface area (Å²) >= 11 is 12.2. The van der Waals surface area contributed by atoms with Crippen molar-refractivity contribution in [1.29, 1.82) is 5.26 Å². The van der Waals surface area contributed by atoms with Crippen LogP contribution in [0.2, 0.25) is 10.0 Å². The zero-order valence-corrected chi connectivity index (χ0v) is 17.0. The average molecular weight is 437 g/mol. The Morgan fingerprint density at radius 3 is 2.50 bits per heavy atom. The summed E-state index contributed by atoms with van der Waals surface area (Å²) < 4.78 is 6.89. The normalized spacial score (nSPS) is 14.4. The monoisotopic (exact) mass is 436 g/mol. The largest absolute Gasteiger partial charge is 0.448 e. The van der Waals surface area contributed by atoms with Crippen LogP contribution in [-0.2, 0) is 5.41 Å². The molecule has 1 aliphatic carbocycles. The minimum atomic E-state index is -0.474. The van der Waals surface area contributed by atoms with Crippen LogP contribution >= 0.6 is 23.2 Å². The molecule has 2 aromatic carbocycles. The van der Waals surface area contributed by atoms with Crippen molar-refractivity contribution in [1.82, 2.24) is 14.6 Å². The number of nitrogens with one attached hydrogen (secondary N) is 1. The number of H-pyrrole nitrogens is 1. The van der Waals surface area contributed by atoms with Crippen molar-refractivity contribution in [2.24, 2.45) is 0 Å². The zero-order chi connectivity index (χ0) is 20.9. The average Bonchev–Trinajstić information content (AvgIpc) is 3.46. The Labute approximate surface area is 181 Å². The molecule has 6 nitrogen and oxygen atoms in total. The molecule has 0 bridgehead atoms. The molecule has 8 heteroatoms.